The van der Waals surface area contributed by atoms with Crippen molar-refractivity contribution in [1.29, 1.82) is 0 Å². The Balaban J connectivity index is 1.59. The lowest BCUT2D eigenvalue weighted by Gasteiger charge is -2.20. The Labute approximate surface area is 162 Å². The first-order valence-electron chi connectivity index (χ1n) is 8.61. The Morgan fingerprint density at radius 1 is 1.25 bits per heavy atom. The zero-order valence-electron chi connectivity index (χ0n) is 14.9. The van der Waals surface area contributed by atoms with E-state index in [1.54, 1.807) is 13.1 Å². The molecular formula is C19H15FN4O3S. The average molecular weight is 398 g/mol. The van der Waals surface area contributed by atoms with Gasteiger partial charge in [0.15, 0.2) is 11.9 Å². The molecule has 7 nitrogen and oxygen atoms in total. The van der Waals surface area contributed by atoms with Crippen LogP contribution in [0.2, 0.25) is 0 Å². The van der Waals surface area contributed by atoms with E-state index < -0.39 is 0 Å². The lowest BCUT2D eigenvalue weighted by Crippen LogP contribution is -2.20. The minimum Gasteiger partial charge on any atom is -0.467 e. The summed E-state index contributed by atoms with van der Waals surface area (Å²) in [6.07, 6.45) is 0. The molecule has 4 aromatic rings. The molecule has 0 N–H and O–H groups in total. The number of fused-ring (bicyclic) bond motifs is 4. The van der Waals surface area contributed by atoms with Crippen LogP contribution in [0.15, 0.2) is 46.3 Å². The van der Waals surface area contributed by atoms with Crippen molar-refractivity contribution < 1.29 is 13.9 Å². The van der Waals surface area contributed by atoms with Gasteiger partial charge in [-0.3, -0.25) is 13.8 Å². The first-order chi connectivity index (χ1) is 13.6. The molecule has 142 valence electrons. The van der Waals surface area contributed by atoms with Crippen LogP contribution in [0, 0.1) is 5.82 Å². The second-order valence-electron chi connectivity index (χ2n) is 6.45. The summed E-state index contributed by atoms with van der Waals surface area (Å²) in [5.41, 5.74) is 2.04. The topological polar surface area (TPSA) is 70.7 Å². The first-order valence-corrected chi connectivity index (χ1v) is 9.59. The molecule has 0 fully saturated rings. The summed E-state index contributed by atoms with van der Waals surface area (Å²) >= 11 is 1.41. The summed E-state index contributed by atoms with van der Waals surface area (Å²) in [6, 6.07) is 10.2. The van der Waals surface area contributed by atoms with Gasteiger partial charge < -0.3 is 9.47 Å². The van der Waals surface area contributed by atoms with Gasteiger partial charge in [0.05, 0.1) is 17.5 Å². The number of ether oxygens (including phenoxy) is 2. The first kappa shape index (κ1) is 17.2. The molecule has 28 heavy (non-hydrogen) atoms. The van der Waals surface area contributed by atoms with E-state index >= 15 is 0 Å². The zero-order chi connectivity index (χ0) is 19.3. The van der Waals surface area contributed by atoms with E-state index in [0.717, 1.165) is 11.1 Å². The minimum atomic E-state index is -0.331. The molecule has 0 saturated carbocycles. The molecule has 0 amide bonds. The van der Waals surface area contributed by atoms with Crippen LogP contribution in [0.5, 0.6) is 5.75 Å². The number of aryl methyl sites for hydroxylation is 1. The fourth-order valence-corrected chi connectivity index (χ4v) is 4.32. The molecule has 5 rings (SSSR count). The van der Waals surface area contributed by atoms with Crippen molar-refractivity contribution in [2.45, 2.75) is 17.5 Å². The van der Waals surface area contributed by atoms with Gasteiger partial charge in [-0.1, -0.05) is 23.9 Å². The third-order valence-corrected chi connectivity index (χ3v) is 5.68. The van der Waals surface area contributed by atoms with Gasteiger partial charge in [-0.2, -0.15) is 0 Å². The number of aromatic nitrogens is 4. The molecule has 0 spiro atoms. The van der Waals surface area contributed by atoms with Crippen molar-refractivity contribution in [1.82, 2.24) is 19.2 Å². The van der Waals surface area contributed by atoms with Crippen LogP contribution in [-0.2, 0) is 24.1 Å². The monoisotopic (exact) mass is 398 g/mol. The van der Waals surface area contributed by atoms with Crippen LogP contribution in [0.3, 0.4) is 0 Å². The third-order valence-electron chi connectivity index (χ3n) is 4.70. The Kier molecular flexibility index (Phi) is 4.06. The van der Waals surface area contributed by atoms with E-state index in [-0.39, 0.29) is 18.2 Å². The number of nitrogens with zero attached hydrogens (tertiary/aromatic N) is 4. The lowest BCUT2D eigenvalue weighted by atomic mass is 10.1. The molecule has 3 heterocycles. The summed E-state index contributed by atoms with van der Waals surface area (Å²) in [5, 5.41) is 9.63. The molecule has 2 aromatic heterocycles. The van der Waals surface area contributed by atoms with Crippen molar-refractivity contribution in [3.8, 4) is 5.75 Å². The van der Waals surface area contributed by atoms with Crippen LogP contribution >= 0.6 is 11.8 Å². The largest absolute Gasteiger partial charge is 0.467 e. The molecule has 0 bridgehead atoms. The van der Waals surface area contributed by atoms with E-state index in [0.29, 0.717) is 40.0 Å². The smallest absolute Gasteiger partial charge is 0.262 e. The predicted octanol–water partition coefficient (Wildman–Crippen LogP) is 2.88. The lowest BCUT2D eigenvalue weighted by molar-refractivity contribution is -0.0171. The van der Waals surface area contributed by atoms with Crippen molar-refractivity contribution in [2.24, 2.45) is 7.05 Å². The summed E-state index contributed by atoms with van der Waals surface area (Å²) < 4.78 is 28.1. The standard InChI is InChI=1S/C19H15FN4O3S/c1-23-17(25)14-4-2-3-5-15(14)24-18(23)21-22-19(24)28-9-12-7-13(20)6-11-8-26-10-27-16(11)12/h2-7H,8-10H2,1H3. The van der Waals surface area contributed by atoms with E-state index in [1.165, 1.54) is 28.5 Å². The fraction of sp³-hybridized carbons (Fsp3) is 0.211. The van der Waals surface area contributed by atoms with Gasteiger partial charge in [0.2, 0.25) is 5.78 Å². The Hall–Kier alpha value is -2.91. The second-order valence-corrected chi connectivity index (χ2v) is 7.39. The summed E-state index contributed by atoms with van der Waals surface area (Å²) in [7, 11) is 1.67. The van der Waals surface area contributed by atoms with Gasteiger partial charge in [-0.05, 0) is 24.3 Å². The number of halogens is 1. The number of hydrogen-bond donors (Lipinski definition) is 0. The molecule has 0 atom stereocenters. The summed E-state index contributed by atoms with van der Waals surface area (Å²) in [4.78, 5) is 12.5. The van der Waals surface area contributed by atoms with E-state index in [4.69, 9.17) is 9.47 Å². The van der Waals surface area contributed by atoms with Crippen molar-refractivity contribution in [3.05, 3.63) is 63.7 Å². The molecule has 0 unspecified atom stereocenters. The van der Waals surface area contributed by atoms with Gasteiger partial charge in [0, 0.05) is 23.9 Å². The number of para-hydroxylation sites is 1. The summed E-state index contributed by atoms with van der Waals surface area (Å²) in [6.45, 7) is 0.474. The second kappa shape index (κ2) is 6.61. The normalized spacial score (nSPS) is 13.6. The molecule has 0 saturated heterocycles. The Morgan fingerprint density at radius 2 is 2.11 bits per heavy atom. The SMILES string of the molecule is Cn1c(=O)c2ccccc2n2c(SCc3cc(F)cc4c3OCOC4)nnc12. The van der Waals surface area contributed by atoms with Crippen molar-refractivity contribution in [2.75, 3.05) is 6.79 Å². The van der Waals surface area contributed by atoms with Crippen molar-refractivity contribution >= 4 is 28.4 Å². The summed E-state index contributed by atoms with van der Waals surface area (Å²) in [5.74, 6) is 1.23. The fourth-order valence-electron chi connectivity index (χ4n) is 3.41. The highest BCUT2D eigenvalue weighted by Gasteiger charge is 2.19. The molecule has 9 heteroatoms. The number of thioether (sulfide) groups is 1. The van der Waals surface area contributed by atoms with Gasteiger partial charge in [0.1, 0.15) is 11.6 Å². The molecule has 0 aliphatic carbocycles. The van der Waals surface area contributed by atoms with Crippen LogP contribution < -0.4 is 10.3 Å². The number of benzene rings is 2. The van der Waals surface area contributed by atoms with Crippen LogP contribution in [-0.4, -0.2) is 26.0 Å². The quantitative estimate of drug-likeness (QED) is 0.494. The maximum absolute atomic E-state index is 14.0. The molecular weight excluding hydrogens is 383 g/mol. The van der Waals surface area contributed by atoms with Gasteiger partial charge >= 0.3 is 0 Å². The molecule has 0 radical (unpaired) electrons. The molecule has 1 aliphatic rings. The highest BCUT2D eigenvalue weighted by molar-refractivity contribution is 7.98. The molecule has 2 aromatic carbocycles. The highest BCUT2D eigenvalue weighted by atomic mass is 32.2. The number of hydrogen-bond acceptors (Lipinski definition) is 6. The van der Waals surface area contributed by atoms with E-state index in [9.17, 15) is 9.18 Å². The van der Waals surface area contributed by atoms with E-state index in [1.807, 2.05) is 22.6 Å². The Morgan fingerprint density at radius 3 is 3.00 bits per heavy atom. The Bertz CT molecular complexity index is 1280. The van der Waals surface area contributed by atoms with Crippen molar-refractivity contribution in [3.63, 3.8) is 0 Å². The highest BCUT2D eigenvalue weighted by Crippen LogP contribution is 2.34. The van der Waals surface area contributed by atoms with Crippen LogP contribution in [0.4, 0.5) is 4.39 Å². The average Bonchev–Trinajstić information content (AvgIpc) is 3.14. The number of rotatable bonds is 3. The van der Waals surface area contributed by atoms with Crippen LogP contribution in [0.1, 0.15) is 11.1 Å². The van der Waals surface area contributed by atoms with E-state index in [2.05, 4.69) is 10.2 Å². The third kappa shape index (κ3) is 2.66. The minimum absolute atomic E-state index is 0.125. The molecule has 1 aliphatic heterocycles. The van der Waals surface area contributed by atoms with Crippen LogP contribution in [0.25, 0.3) is 16.7 Å². The van der Waals surface area contributed by atoms with Gasteiger partial charge in [-0.15, -0.1) is 10.2 Å². The maximum atomic E-state index is 14.0. The zero-order valence-corrected chi connectivity index (χ0v) is 15.7. The predicted molar refractivity (Wildman–Crippen MR) is 102 cm³/mol. The maximum Gasteiger partial charge on any atom is 0.262 e. The van der Waals surface area contributed by atoms with Gasteiger partial charge in [-0.25, -0.2) is 4.39 Å². The van der Waals surface area contributed by atoms with Gasteiger partial charge in [0.25, 0.3) is 5.56 Å².